The largest absolute Gasteiger partial charge is 0.463 e. The van der Waals surface area contributed by atoms with Crippen molar-refractivity contribution in [3.8, 4) is 0 Å². The lowest BCUT2D eigenvalue weighted by Crippen LogP contribution is -2.62. The van der Waals surface area contributed by atoms with Gasteiger partial charge in [0.05, 0.1) is 19.1 Å². The Labute approximate surface area is 275 Å². The minimum absolute atomic E-state index is 0.0240. The van der Waals surface area contributed by atoms with Gasteiger partial charge in [-0.1, -0.05) is 27.7 Å². The SMILES string of the molecule is CC(C)CC(=O)O[C@@H]1OC=C(O[C@@H]2O[C@H](CO[C@@H]3O[C@H](CO)[C@@H](O)[C@H](O)[C@H]3O)[C@@H](O)[C@H](O)[C@H]2O)[C@H]2[C@@H]3O[C@@H]3[C@@](O)(OC(=O)CC(C)C)[C@@H]12. The summed E-state index contributed by atoms with van der Waals surface area (Å²) >= 11 is 0. The molecule has 4 heterocycles. The van der Waals surface area contributed by atoms with Crippen LogP contribution in [0.5, 0.6) is 0 Å². The first-order valence-corrected chi connectivity index (χ1v) is 16.0. The number of carbonyl (C=O) groups is 2. The highest BCUT2D eigenvalue weighted by molar-refractivity contribution is 5.71. The molecule has 0 amide bonds. The molecule has 1 aliphatic carbocycles. The number of epoxide rings is 1. The summed E-state index contributed by atoms with van der Waals surface area (Å²) in [5.41, 5.74) is 0. The monoisotopic (exact) mass is 694 g/mol. The third kappa shape index (κ3) is 7.31. The highest BCUT2D eigenvalue weighted by Gasteiger charge is 2.77. The van der Waals surface area contributed by atoms with Gasteiger partial charge in [0.15, 0.2) is 12.4 Å². The Hall–Kier alpha value is -2.20. The van der Waals surface area contributed by atoms with Gasteiger partial charge in [0.2, 0.25) is 6.29 Å². The lowest BCUT2D eigenvalue weighted by molar-refractivity contribution is -0.331. The fraction of sp³-hybridized carbons (Fsp3) is 0.867. The predicted molar refractivity (Wildman–Crippen MR) is 152 cm³/mol. The molecule has 1 saturated carbocycles. The zero-order valence-electron chi connectivity index (χ0n) is 26.9. The Bertz CT molecular complexity index is 1180. The number of carbonyl (C=O) groups excluding carboxylic acids is 2. The number of rotatable bonds is 12. The second-order valence-electron chi connectivity index (χ2n) is 13.7. The van der Waals surface area contributed by atoms with Crippen molar-refractivity contribution in [1.82, 2.24) is 0 Å². The molecule has 5 rings (SSSR count). The maximum Gasteiger partial charge on any atom is 0.309 e. The fourth-order valence-electron chi connectivity index (χ4n) is 6.46. The van der Waals surface area contributed by atoms with E-state index in [2.05, 4.69) is 0 Å². The van der Waals surface area contributed by atoms with Gasteiger partial charge in [0.1, 0.15) is 72.9 Å². The van der Waals surface area contributed by atoms with E-state index in [1.165, 1.54) is 0 Å². The van der Waals surface area contributed by atoms with Gasteiger partial charge >= 0.3 is 11.9 Å². The first kappa shape index (κ1) is 37.1. The second kappa shape index (κ2) is 14.6. The van der Waals surface area contributed by atoms with E-state index in [-0.39, 0.29) is 30.4 Å². The van der Waals surface area contributed by atoms with Gasteiger partial charge in [0.25, 0.3) is 12.1 Å². The first-order chi connectivity index (χ1) is 22.6. The molecule has 0 unspecified atom stereocenters. The number of hydrogen-bond donors (Lipinski definition) is 8. The lowest BCUT2D eigenvalue weighted by Gasteiger charge is -2.44. The van der Waals surface area contributed by atoms with Gasteiger partial charge in [0, 0.05) is 12.8 Å². The van der Waals surface area contributed by atoms with Crippen LogP contribution in [-0.2, 0) is 47.5 Å². The molecule has 0 aromatic rings. The molecule has 4 aliphatic heterocycles. The Kier molecular flexibility index (Phi) is 11.3. The molecule has 3 saturated heterocycles. The summed E-state index contributed by atoms with van der Waals surface area (Å²) in [6, 6.07) is 0. The van der Waals surface area contributed by atoms with Crippen LogP contribution in [0.15, 0.2) is 12.0 Å². The van der Waals surface area contributed by atoms with Crippen LogP contribution < -0.4 is 0 Å². The minimum atomic E-state index is -2.30. The number of fused-ring (bicyclic) bond motifs is 3. The molecule has 0 aromatic heterocycles. The summed E-state index contributed by atoms with van der Waals surface area (Å²) in [5.74, 6) is -6.09. The van der Waals surface area contributed by atoms with E-state index in [1.807, 2.05) is 13.8 Å². The molecular weight excluding hydrogens is 648 g/mol. The highest BCUT2D eigenvalue weighted by atomic mass is 16.8. The van der Waals surface area contributed by atoms with Crippen LogP contribution in [0.2, 0.25) is 0 Å². The smallest absolute Gasteiger partial charge is 0.309 e. The van der Waals surface area contributed by atoms with E-state index < -0.39 is 123 Å². The highest BCUT2D eigenvalue weighted by Crippen LogP contribution is 2.59. The van der Waals surface area contributed by atoms with Gasteiger partial charge < -0.3 is 78.7 Å². The molecule has 16 atom stereocenters. The van der Waals surface area contributed by atoms with Crippen molar-refractivity contribution >= 4 is 11.9 Å². The van der Waals surface area contributed by atoms with Crippen molar-refractivity contribution in [3.63, 3.8) is 0 Å². The summed E-state index contributed by atoms with van der Waals surface area (Å²) in [6.45, 7) is 5.89. The summed E-state index contributed by atoms with van der Waals surface area (Å²) in [7, 11) is 0. The summed E-state index contributed by atoms with van der Waals surface area (Å²) in [4.78, 5) is 25.4. The molecule has 18 nitrogen and oxygen atoms in total. The van der Waals surface area contributed by atoms with Crippen molar-refractivity contribution in [2.45, 2.75) is 126 Å². The molecule has 0 aromatic carbocycles. The molecule has 274 valence electrons. The van der Waals surface area contributed by atoms with E-state index in [0.29, 0.717) is 0 Å². The molecule has 5 aliphatic rings. The van der Waals surface area contributed by atoms with E-state index in [4.69, 9.17) is 37.9 Å². The number of esters is 2. The van der Waals surface area contributed by atoms with Crippen LogP contribution in [0.25, 0.3) is 0 Å². The Morgan fingerprint density at radius 3 is 2.00 bits per heavy atom. The van der Waals surface area contributed by atoms with Crippen LogP contribution in [0.1, 0.15) is 40.5 Å². The molecule has 0 radical (unpaired) electrons. The van der Waals surface area contributed by atoms with Crippen molar-refractivity contribution in [3.05, 3.63) is 12.0 Å². The zero-order chi connectivity index (χ0) is 35.2. The van der Waals surface area contributed by atoms with Gasteiger partial charge in [-0.05, 0) is 11.8 Å². The molecule has 48 heavy (non-hydrogen) atoms. The Morgan fingerprint density at radius 1 is 0.792 bits per heavy atom. The van der Waals surface area contributed by atoms with E-state index in [0.717, 1.165) is 6.26 Å². The van der Waals surface area contributed by atoms with Crippen molar-refractivity contribution in [1.29, 1.82) is 0 Å². The fourth-order valence-corrected chi connectivity index (χ4v) is 6.46. The minimum Gasteiger partial charge on any atom is -0.463 e. The van der Waals surface area contributed by atoms with Crippen molar-refractivity contribution in [2.75, 3.05) is 13.2 Å². The van der Waals surface area contributed by atoms with E-state index >= 15 is 0 Å². The van der Waals surface area contributed by atoms with Crippen molar-refractivity contribution in [2.24, 2.45) is 23.7 Å². The van der Waals surface area contributed by atoms with Gasteiger partial charge in [-0.3, -0.25) is 9.59 Å². The Balaban J connectivity index is 1.33. The normalized spacial score (nSPS) is 45.1. The van der Waals surface area contributed by atoms with Gasteiger partial charge in [-0.25, -0.2) is 0 Å². The van der Waals surface area contributed by atoms with E-state index in [1.54, 1.807) is 13.8 Å². The summed E-state index contributed by atoms with van der Waals surface area (Å²) < 4.78 is 44.9. The maximum absolute atomic E-state index is 12.7. The molecular formula is C30H46O18. The van der Waals surface area contributed by atoms with Gasteiger partial charge in [-0.15, -0.1) is 0 Å². The average Bonchev–Trinajstić information content (AvgIpc) is 3.77. The number of hydrogen-bond acceptors (Lipinski definition) is 18. The van der Waals surface area contributed by atoms with Crippen LogP contribution >= 0.6 is 0 Å². The second-order valence-corrected chi connectivity index (χ2v) is 13.7. The first-order valence-electron chi connectivity index (χ1n) is 16.0. The predicted octanol–water partition coefficient (Wildman–Crippen LogP) is -3.29. The molecule has 4 fully saturated rings. The van der Waals surface area contributed by atoms with Crippen molar-refractivity contribution < 1.29 is 88.3 Å². The van der Waals surface area contributed by atoms with Crippen LogP contribution in [-0.4, -0.2) is 152 Å². The summed E-state index contributed by atoms with van der Waals surface area (Å²) in [6.07, 6.45) is -18.7. The van der Waals surface area contributed by atoms with E-state index in [9.17, 15) is 50.4 Å². The molecule has 0 spiro atoms. The quantitative estimate of drug-likeness (QED) is 0.0565. The summed E-state index contributed by atoms with van der Waals surface area (Å²) in [5, 5.41) is 83.5. The van der Waals surface area contributed by atoms with Gasteiger partial charge in [-0.2, -0.15) is 0 Å². The third-order valence-corrected chi connectivity index (χ3v) is 8.96. The standard InChI is InChI=1S/C30H46O18/c1-10(2)5-15(32)46-27-18-17(25-26(47-25)30(18,40)48-16(33)6-11(3)4)13(8-41-27)44-29-24(39)22(37)20(35)14(45-29)9-42-28-23(38)21(36)19(34)12(7-31)43-28/h8,10-12,14,17-29,31,34-40H,5-7,9H2,1-4H3/t12-,14-,17-,18-,19-,20-,21+,22+,23-,24-,25+,26+,27+,28-,29-,30+/m1/s1. The number of aliphatic hydroxyl groups is 8. The van der Waals surface area contributed by atoms with Crippen LogP contribution in [0.4, 0.5) is 0 Å². The van der Waals surface area contributed by atoms with Crippen LogP contribution in [0.3, 0.4) is 0 Å². The number of aliphatic hydroxyl groups excluding tert-OH is 7. The van der Waals surface area contributed by atoms with Crippen LogP contribution in [0, 0.1) is 23.7 Å². The topological polar surface area (TPSA) is 273 Å². The number of ether oxygens (including phenoxy) is 8. The third-order valence-electron chi connectivity index (χ3n) is 8.96. The zero-order valence-corrected chi connectivity index (χ0v) is 26.9. The molecule has 18 heteroatoms. The average molecular weight is 695 g/mol. The molecule has 0 bridgehead atoms. The lowest BCUT2D eigenvalue weighted by atomic mass is 9.87. The maximum atomic E-state index is 12.7. The molecule has 8 N–H and O–H groups in total. The Morgan fingerprint density at radius 2 is 1.38 bits per heavy atom.